The smallest absolute Gasteiger partial charge is 0.0580 e. The van der Waals surface area contributed by atoms with Gasteiger partial charge in [0, 0.05) is 25.8 Å². The first-order chi connectivity index (χ1) is 8.31. The quantitative estimate of drug-likeness (QED) is 0.789. The van der Waals surface area contributed by atoms with Crippen LogP contribution in [0.15, 0.2) is 12.3 Å². The fraction of sp³-hybridized carbons (Fsp3) is 0.769. The molecule has 2 atom stereocenters. The van der Waals surface area contributed by atoms with E-state index in [0.29, 0.717) is 5.92 Å². The molecule has 1 aromatic heterocycles. The van der Waals surface area contributed by atoms with Crippen LogP contribution in [0.5, 0.6) is 0 Å². The van der Waals surface area contributed by atoms with E-state index < -0.39 is 0 Å². The first-order valence-corrected chi connectivity index (χ1v) is 6.70. The number of rotatable bonds is 6. The Hall–Kier alpha value is -0.870. The van der Waals surface area contributed by atoms with Crippen LogP contribution < -0.4 is 5.32 Å². The van der Waals surface area contributed by atoms with Gasteiger partial charge in [-0.3, -0.25) is 4.68 Å². The van der Waals surface area contributed by atoms with E-state index in [9.17, 15) is 5.11 Å². The summed E-state index contributed by atoms with van der Waals surface area (Å²) >= 11 is 0. The van der Waals surface area contributed by atoms with Crippen LogP contribution in [0.3, 0.4) is 0 Å². The molecule has 17 heavy (non-hydrogen) atoms. The number of aliphatic hydroxyl groups is 1. The van der Waals surface area contributed by atoms with E-state index in [0.717, 1.165) is 38.9 Å². The minimum atomic E-state index is -0.0944. The highest BCUT2D eigenvalue weighted by Gasteiger charge is 2.24. The molecule has 0 aliphatic heterocycles. The molecule has 0 radical (unpaired) electrons. The van der Waals surface area contributed by atoms with Crippen LogP contribution in [0.2, 0.25) is 0 Å². The molecule has 1 saturated carbocycles. The number of aryl methyl sites for hydroxylation is 1. The molecule has 0 amide bonds. The summed E-state index contributed by atoms with van der Waals surface area (Å²) in [7, 11) is 0. The van der Waals surface area contributed by atoms with Crippen molar-refractivity contribution in [2.75, 3.05) is 6.54 Å². The average molecular weight is 237 g/mol. The molecule has 1 aliphatic carbocycles. The number of nitrogens with one attached hydrogen (secondary N) is 1. The van der Waals surface area contributed by atoms with Crippen LogP contribution in [0, 0.1) is 5.92 Å². The second-order valence-corrected chi connectivity index (χ2v) is 4.93. The molecule has 0 bridgehead atoms. The lowest BCUT2D eigenvalue weighted by Gasteiger charge is -2.15. The Labute approximate surface area is 103 Å². The van der Waals surface area contributed by atoms with Gasteiger partial charge in [0.25, 0.3) is 0 Å². The lowest BCUT2D eigenvalue weighted by molar-refractivity contribution is 0.131. The van der Waals surface area contributed by atoms with Crippen LogP contribution in [0.1, 0.15) is 38.3 Å². The minimum absolute atomic E-state index is 0.0944. The number of hydrogen-bond donors (Lipinski definition) is 2. The van der Waals surface area contributed by atoms with Crippen molar-refractivity contribution in [3.8, 4) is 0 Å². The van der Waals surface area contributed by atoms with E-state index in [-0.39, 0.29) is 6.10 Å². The Kier molecular flexibility index (Phi) is 4.57. The Balaban J connectivity index is 1.75. The van der Waals surface area contributed by atoms with Gasteiger partial charge in [-0.1, -0.05) is 13.3 Å². The van der Waals surface area contributed by atoms with Gasteiger partial charge in [0.2, 0.25) is 0 Å². The van der Waals surface area contributed by atoms with Crippen molar-refractivity contribution >= 4 is 0 Å². The van der Waals surface area contributed by atoms with Crippen LogP contribution in [0.25, 0.3) is 0 Å². The third kappa shape index (κ3) is 3.30. The summed E-state index contributed by atoms with van der Waals surface area (Å²) in [6, 6.07) is 2.06. The number of aromatic nitrogens is 2. The molecule has 4 heteroatoms. The zero-order valence-electron chi connectivity index (χ0n) is 10.6. The molecule has 0 saturated heterocycles. The van der Waals surface area contributed by atoms with Gasteiger partial charge < -0.3 is 10.4 Å². The van der Waals surface area contributed by atoms with Crippen molar-refractivity contribution in [2.45, 2.75) is 51.8 Å². The predicted octanol–water partition coefficient (Wildman–Crippen LogP) is 1.54. The number of hydrogen-bond acceptors (Lipinski definition) is 3. The highest BCUT2D eigenvalue weighted by molar-refractivity contribution is 5.00. The molecule has 0 spiro atoms. The summed E-state index contributed by atoms with van der Waals surface area (Å²) in [6.45, 7) is 4.91. The second-order valence-electron chi connectivity index (χ2n) is 4.93. The Morgan fingerprint density at radius 1 is 1.53 bits per heavy atom. The van der Waals surface area contributed by atoms with E-state index >= 15 is 0 Å². The molecule has 1 aliphatic rings. The Morgan fingerprint density at radius 3 is 3.12 bits per heavy atom. The topological polar surface area (TPSA) is 50.1 Å². The normalized spacial score (nSPS) is 24.4. The van der Waals surface area contributed by atoms with Gasteiger partial charge in [-0.05, 0) is 31.2 Å². The van der Waals surface area contributed by atoms with Crippen molar-refractivity contribution in [3.05, 3.63) is 18.0 Å². The summed E-state index contributed by atoms with van der Waals surface area (Å²) in [4.78, 5) is 0. The van der Waals surface area contributed by atoms with E-state index in [2.05, 4.69) is 28.1 Å². The van der Waals surface area contributed by atoms with E-state index in [1.54, 1.807) is 0 Å². The first kappa shape index (κ1) is 12.6. The van der Waals surface area contributed by atoms with Crippen LogP contribution >= 0.6 is 0 Å². The van der Waals surface area contributed by atoms with Gasteiger partial charge in [0.1, 0.15) is 0 Å². The molecule has 2 N–H and O–H groups in total. The molecule has 1 heterocycles. The zero-order chi connectivity index (χ0) is 12.1. The predicted molar refractivity (Wildman–Crippen MR) is 67.6 cm³/mol. The molecule has 2 unspecified atom stereocenters. The molecule has 2 rings (SSSR count). The van der Waals surface area contributed by atoms with Crippen molar-refractivity contribution in [1.29, 1.82) is 0 Å². The summed E-state index contributed by atoms with van der Waals surface area (Å²) in [5.41, 5.74) is 1.24. The monoisotopic (exact) mass is 237 g/mol. The van der Waals surface area contributed by atoms with Crippen molar-refractivity contribution in [2.24, 2.45) is 5.92 Å². The second kappa shape index (κ2) is 6.17. The van der Waals surface area contributed by atoms with Crippen LogP contribution in [-0.2, 0) is 13.1 Å². The molecular weight excluding hydrogens is 214 g/mol. The molecule has 1 aromatic rings. The number of nitrogens with zero attached hydrogens (tertiary/aromatic N) is 2. The van der Waals surface area contributed by atoms with Gasteiger partial charge in [0.05, 0.1) is 11.8 Å². The van der Waals surface area contributed by atoms with E-state index in [4.69, 9.17) is 0 Å². The SMILES string of the molecule is CCCn1nccc1CNCC1CCCC1O. The minimum Gasteiger partial charge on any atom is -0.393 e. The number of aliphatic hydroxyl groups excluding tert-OH is 1. The van der Waals surface area contributed by atoms with Gasteiger partial charge in [-0.25, -0.2) is 0 Å². The Morgan fingerprint density at radius 2 is 2.41 bits per heavy atom. The van der Waals surface area contributed by atoms with Crippen molar-refractivity contribution < 1.29 is 5.11 Å². The lowest BCUT2D eigenvalue weighted by Crippen LogP contribution is -2.28. The largest absolute Gasteiger partial charge is 0.393 e. The van der Waals surface area contributed by atoms with Gasteiger partial charge in [-0.15, -0.1) is 0 Å². The molecule has 1 fully saturated rings. The maximum Gasteiger partial charge on any atom is 0.0580 e. The maximum absolute atomic E-state index is 9.73. The lowest BCUT2D eigenvalue weighted by atomic mass is 10.1. The Bertz CT molecular complexity index is 337. The summed E-state index contributed by atoms with van der Waals surface area (Å²) in [6.07, 6.45) is 6.17. The highest BCUT2D eigenvalue weighted by atomic mass is 16.3. The van der Waals surface area contributed by atoms with Crippen LogP contribution in [-0.4, -0.2) is 27.5 Å². The highest BCUT2D eigenvalue weighted by Crippen LogP contribution is 2.24. The summed E-state index contributed by atoms with van der Waals surface area (Å²) < 4.78 is 2.05. The van der Waals surface area contributed by atoms with Crippen molar-refractivity contribution in [3.63, 3.8) is 0 Å². The third-order valence-corrected chi connectivity index (χ3v) is 3.57. The zero-order valence-corrected chi connectivity index (χ0v) is 10.6. The summed E-state index contributed by atoms with van der Waals surface area (Å²) in [5.74, 6) is 0.442. The van der Waals surface area contributed by atoms with Crippen molar-refractivity contribution in [1.82, 2.24) is 15.1 Å². The van der Waals surface area contributed by atoms with Crippen LogP contribution in [0.4, 0.5) is 0 Å². The maximum atomic E-state index is 9.73. The fourth-order valence-electron chi connectivity index (χ4n) is 2.56. The van der Waals surface area contributed by atoms with Gasteiger partial charge in [-0.2, -0.15) is 5.10 Å². The van der Waals surface area contributed by atoms with E-state index in [1.165, 1.54) is 12.1 Å². The van der Waals surface area contributed by atoms with E-state index in [1.807, 2.05) is 6.20 Å². The first-order valence-electron chi connectivity index (χ1n) is 6.70. The molecule has 96 valence electrons. The van der Waals surface area contributed by atoms with Gasteiger partial charge >= 0.3 is 0 Å². The fourth-order valence-corrected chi connectivity index (χ4v) is 2.56. The van der Waals surface area contributed by atoms with Gasteiger partial charge in [0.15, 0.2) is 0 Å². The average Bonchev–Trinajstić information content (AvgIpc) is 2.90. The molecule has 4 nitrogen and oxygen atoms in total. The molecular formula is C13H23N3O. The standard InChI is InChI=1S/C13H23N3O/c1-2-8-16-12(6-7-15-16)10-14-9-11-4-3-5-13(11)17/h6-7,11,13-14,17H,2-5,8-10H2,1H3. The molecule has 0 aromatic carbocycles. The summed E-state index contributed by atoms with van der Waals surface area (Å²) in [5, 5.41) is 17.5. The third-order valence-electron chi connectivity index (χ3n) is 3.57.